The van der Waals surface area contributed by atoms with Crippen LogP contribution in [0.3, 0.4) is 0 Å². The van der Waals surface area contributed by atoms with Crippen LogP contribution in [0.25, 0.3) is 0 Å². The van der Waals surface area contributed by atoms with Crippen LogP contribution in [-0.2, 0) is 0 Å². The molecular weight excluding hydrogens is 389 g/mol. The molecule has 164 valence electrons. The van der Waals surface area contributed by atoms with Gasteiger partial charge in [0.15, 0.2) is 0 Å². The summed E-state index contributed by atoms with van der Waals surface area (Å²) in [5.41, 5.74) is 5.52. The zero-order valence-electron chi connectivity index (χ0n) is 18.2. The lowest BCUT2D eigenvalue weighted by atomic mass is 10.0. The van der Waals surface area contributed by atoms with Crippen LogP contribution in [0.4, 0.5) is 0 Å². The van der Waals surface area contributed by atoms with Crippen LogP contribution in [0.2, 0.25) is 6.04 Å². The molecule has 0 aromatic carbocycles. The average molecular weight is 439 g/mol. The largest absolute Gasteiger partial charge is 0.330 e. The maximum absolute atomic E-state index is 5.87. The highest BCUT2D eigenvalue weighted by molar-refractivity contribution is 7.33. The lowest BCUT2D eigenvalue weighted by Crippen LogP contribution is -1.97. The summed E-state index contributed by atoms with van der Waals surface area (Å²) in [4.78, 5) is 0. The Balaban J connectivity index is 2.97. The van der Waals surface area contributed by atoms with E-state index >= 15 is 0 Å². The monoisotopic (exact) mass is 437 g/mol. The van der Waals surface area contributed by atoms with E-state index in [1.54, 1.807) is 0 Å². The summed E-state index contributed by atoms with van der Waals surface area (Å²) in [6.07, 6.45) is 29.6. The molecule has 1 nitrogen and oxygen atoms in total. The molecule has 0 aromatic heterocycles. The van der Waals surface area contributed by atoms with Crippen molar-refractivity contribution in [2.45, 2.75) is 141 Å². The van der Waals surface area contributed by atoms with Crippen molar-refractivity contribution in [3.05, 3.63) is 0 Å². The van der Waals surface area contributed by atoms with Crippen molar-refractivity contribution in [1.29, 1.82) is 0 Å². The number of halogens is 2. The molecule has 0 aromatic rings. The number of unbranched alkanes of at least 4 members (excludes halogenated alkanes) is 20. The second-order valence-electron chi connectivity index (χ2n) is 8.39. The molecule has 0 aliphatic rings. The van der Waals surface area contributed by atoms with Gasteiger partial charge in [-0.25, -0.2) is 0 Å². The van der Waals surface area contributed by atoms with Crippen molar-refractivity contribution in [2.75, 3.05) is 6.54 Å². The Morgan fingerprint density at radius 1 is 0.370 bits per heavy atom. The van der Waals surface area contributed by atoms with E-state index in [9.17, 15) is 0 Å². The first kappa shape index (κ1) is 27.8. The summed E-state index contributed by atoms with van der Waals surface area (Å²) in [5.74, 6) is 0. The third-order valence-electron chi connectivity index (χ3n) is 5.63. The van der Waals surface area contributed by atoms with Crippen molar-refractivity contribution >= 4 is 29.6 Å². The Morgan fingerprint density at radius 2 is 0.593 bits per heavy atom. The Labute approximate surface area is 182 Å². The summed E-state index contributed by atoms with van der Waals surface area (Å²) < 4.78 is 0. The number of hydrogen-bond acceptors (Lipinski definition) is 1. The maximum atomic E-state index is 5.87. The predicted octanol–water partition coefficient (Wildman–Crippen LogP) is 8.84. The SMILES string of the molecule is NCCCCCCCCCCCCCCCCCCCCCCC[SiH](Cl)Cl. The number of nitrogens with two attached hydrogens (primary N) is 1. The molecule has 0 heterocycles. The number of rotatable bonds is 23. The van der Waals surface area contributed by atoms with Gasteiger partial charge in [0.25, 0.3) is 0 Å². The van der Waals surface area contributed by atoms with E-state index in [0.717, 1.165) is 12.6 Å². The highest BCUT2D eigenvalue weighted by Gasteiger charge is 2.00. The van der Waals surface area contributed by atoms with Crippen molar-refractivity contribution in [1.82, 2.24) is 0 Å². The molecule has 0 saturated carbocycles. The van der Waals surface area contributed by atoms with E-state index in [2.05, 4.69) is 0 Å². The van der Waals surface area contributed by atoms with E-state index in [1.165, 1.54) is 135 Å². The number of hydrogen-bond donors (Lipinski definition) is 1. The third kappa shape index (κ3) is 26.8. The standard InChI is InChI=1S/C23H49Cl2NSi/c24-27(25)23-21-19-17-15-13-11-9-7-5-3-1-2-4-6-8-10-12-14-16-18-20-22-26/h27H,1-23,26H2. The summed E-state index contributed by atoms with van der Waals surface area (Å²) >= 11 is 11.7. The molecule has 0 atom stereocenters. The third-order valence-corrected chi connectivity index (χ3v) is 7.78. The zero-order valence-corrected chi connectivity index (χ0v) is 20.8. The highest BCUT2D eigenvalue weighted by Crippen LogP contribution is 2.16. The molecule has 0 fully saturated rings. The van der Waals surface area contributed by atoms with Gasteiger partial charge in [-0.05, 0) is 19.0 Å². The first-order valence-corrected chi connectivity index (χ1v) is 16.6. The van der Waals surface area contributed by atoms with Gasteiger partial charge in [-0.2, -0.15) is 22.2 Å². The van der Waals surface area contributed by atoms with Gasteiger partial charge in [0, 0.05) is 0 Å². The van der Waals surface area contributed by atoms with E-state index in [1.807, 2.05) is 0 Å². The molecule has 4 heteroatoms. The Morgan fingerprint density at radius 3 is 0.815 bits per heavy atom. The quantitative estimate of drug-likeness (QED) is 0.0962. The van der Waals surface area contributed by atoms with Gasteiger partial charge in [0.05, 0.1) is 0 Å². The van der Waals surface area contributed by atoms with Crippen LogP contribution < -0.4 is 5.73 Å². The van der Waals surface area contributed by atoms with Crippen LogP contribution in [-0.4, -0.2) is 14.0 Å². The highest BCUT2D eigenvalue weighted by atomic mass is 35.7. The molecule has 0 amide bonds. The minimum atomic E-state index is -1.33. The van der Waals surface area contributed by atoms with E-state index < -0.39 is 7.42 Å². The fraction of sp³-hybridized carbons (Fsp3) is 1.00. The van der Waals surface area contributed by atoms with Gasteiger partial charge in [-0.15, -0.1) is 0 Å². The fourth-order valence-corrected chi connectivity index (χ4v) is 5.32. The second-order valence-corrected chi connectivity index (χ2v) is 13.6. The summed E-state index contributed by atoms with van der Waals surface area (Å²) in [5, 5.41) is 0. The minimum Gasteiger partial charge on any atom is -0.330 e. The van der Waals surface area contributed by atoms with Gasteiger partial charge in [-0.3, -0.25) is 0 Å². The zero-order chi connectivity index (χ0) is 19.8. The Kier molecular flexibility index (Phi) is 25.5. The Hall–Kier alpha value is 0.757. The predicted molar refractivity (Wildman–Crippen MR) is 130 cm³/mol. The van der Waals surface area contributed by atoms with Crippen molar-refractivity contribution in [2.24, 2.45) is 5.73 Å². The van der Waals surface area contributed by atoms with E-state index in [4.69, 9.17) is 27.9 Å². The van der Waals surface area contributed by atoms with Gasteiger partial charge < -0.3 is 5.73 Å². The molecule has 0 rings (SSSR count). The van der Waals surface area contributed by atoms with Crippen molar-refractivity contribution in [3.63, 3.8) is 0 Å². The second kappa shape index (κ2) is 24.8. The van der Waals surface area contributed by atoms with Gasteiger partial charge in [0.1, 0.15) is 0 Å². The topological polar surface area (TPSA) is 26.0 Å². The molecule has 0 unspecified atom stereocenters. The van der Waals surface area contributed by atoms with E-state index in [0.29, 0.717) is 0 Å². The molecule has 0 aliphatic carbocycles. The molecule has 0 bridgehead atoms. The van der Waals surface area contributed by atoms with Crippen LogP contribution in [0.1, 0.15) is 135 Å². The first-order valence-electron chi connectivity index (χ1n) is 12.3. The maximum Gasteiger partial charge on any atom is 0.237 e. The molecule has 2 N–H and O–H groups in total. The molecule has 0 spiro atoms. The lowest BCUT2D eigenvalue weighted by Gasteiger charge is -2.04. The van der Waals surface area contributed by atoms with Crippen LogP contribution >= 0.6 is 22.2 Å². The van der Waals surface area contributed by atoms with Crippen molar-refractivity contribution < 1.29 is 0 Å². The minimum absolute atomic E-state index is 0.868. The van der Waals surface area contributed by atoms with Crippen molar-refractivity contribution in [3.8, 4) is 0 Å². The molecule has 27 heavy (non-hydrogen) atoms. The van der Waals surface area contributed by atoms with Crippen LogP contribution in [0.5, 0.6) is 0 Å². The van der Waals surface area contributed by atoms with Gasteiger partial charge in [0.2, 0.25) is 7.42 Å². The first-order chi connectivity index (χ1) is 13.3. The summed E-state index contributed by atoms with van der Waals surface area (Å²) in [7, 11) is -1.33. The average Bonchev–Trinajstić information content (AvgIpc) is 2.65. The fourth-order valence-electron chi connectivity index (χ4n) is 3.80. The summed E-state index contributed by atoms with van der Waals surface area (Å²) in [6.45, 7) is 0.868. The van der Waals surface area contributed by atoms with E-state index in [-0.39, 0.29) is 0 Å². The molecule has 0 aliphatic heterocycles. The normalized spacial score (nSPS) is 11.6. The Bertz CT molecular complexity index is 265. The summed E-state index contributed by atoms with van der Waals surface area (Å²) in [6, 6.07) is 1.10. The van der Waals surface area contributed by atoms with Crippen LogP contribution in [0, 0.1) is 0 Å². The smallest absolute Gasteiger partial charge is 0.237 e. The molecule has 0 saturated heterocycles. The van der Waals surface area contributed by atoms with Crippen LogP contribution in [0.15, 0.2) is 0 Å². The molecular formula is C23H49Cl2NSi. The van der Waals surface area contributed by atoms with Gasteiger partial charge >= 0.3 is 0 Å². The van der Waals surface area contributed by atoms with Gasteiger partial charge in [-0.1, -0.05) is 128 Å². The lowest BCUT2D eigenvalue weighted by molar-refractivity contribution is 0.520. The molecule has 0 radical (unpaired) electrons.